The second-order valence-corrected chi connectivity index (χ2v) is 8.05. The minimum absolute atomic E-state index is 0.153. The molecular formula is C20H23Cl2N3O2. The van der Waals surface area contributed by atoms with Crippen LogP contribution in [0.15, 0.2) is 34.7 Å². The summed E-state index contributed by atoms with van der Waals surface area (Å²) < 4.78 is 5.99. The Kier molecular flexibility index (Phi) is 5.74. The highest BCUT2D eigenvalue weighted by molar-refractivity contribution is 6.43. The van der Waals surface area contributed by atoms with Crippen molar-refractivity contribution in [1.82, 2.24) is 15.1 Å². The summed E-state index contributed by atoms with van der Waals surface area (Å²) in [6.07, 6.45) is 2.26. The highest BCUT2D eigenvalue weighted by Crippen LogP contribution is 2.34. The van der Waals surface area contributed by atoms with Gasteiger partial charge in [-0.3, -0.25) is 14.6 Å². The molecule has 1 amide bonds. The predicted molar refractivity (Wildman–Crippen MR) is 107 cm³/mol. The normalized spacial score (nSPS) is 18.6. The molecule has 1 aromatic heterocycles. The average Bonchev–Trinajstić information content (AvgIpc) is 3.34. The monoisotopic (exact) mass is 407 g/mol. The molecule has 27 heavy (non-hydrogen) atoms. The number of rotatable bonds is 6. The molecule has 5 nitrogen and oxygen atoms in total. The molecule has 2 fully saturated rings. The lowest BCUT2D eigenvalue weighted by molar-refractivity contribution is -0.122. The smallest absolute Gasteiger partial charge is 0.234 e. The van der Waals surface area contributed by atoms with E-state index in [0.717, 1.165) is 62.6 Å². The summed E-state index contributed by atoms with van der Waals surface area (Å²) in [4.78, 5) is 16.5. The molecular weight excluding hydrogens is 385 g/mol. The molecule has 7 heteroatoms. The van der Waals surface area contributed by atoms with Crippen LogP contribution in [0.5, 0.6) is 0 Å². The predicted octanol–water partition coefficient (Wildman–Crippen LogP) is 3.65. The molecule has 1 aromatic carbocycles. The van der Waals surface area contributed by atoms with Crippen LogP contribution in [0.2, 0.25) is 10.0 Å². The molecule has 2 aromatic rings. The largest absolute Gasteiger partial charge is 0.460 e. The van der Waals surface area contributed by atoms with Gasteiger partial charge in [0.05, 0.1) is 23.1 Å². The van der Waals surface area contributed by atoms with E-state index in [1.165, 1.54) is 0 Å². The van der Waals surface area contributed by atoms with E-state index < -0.39 is 0 Å². The number of hydrogen-bond acceptors (Lipinski definition) is 4. The standard InChI is InChI=1S/C20H23Cl2N3O2/c21-17-3-1-2-16(20(17)22)18-7-6-15(27-18)12-24-8-10-25(11-9-24)13-19(26)23-14-4-5-14/h1-3,6-7,14H,4-5,8-13H2,(H,23,26). The lowest BCUT2D eigenvalue weighted by atomic mass is 10.2. The lowest BCUT2D eigenvalue weighted by Crippen LogP contribution is -2.49. The van der Waals surface area contributed by atoms with Gasteiger partial charge in [-0.15, -0.1) is 0 Å². The van der Waals surface area contributed by atoms with Gasteiger partial charge in [0, 0.05) is 37.8 Å². The van der Waals surface area contributed by atoms with E-state index in [-0.39, 0.29) is 5.91 Å². The van der Waals surface area contributed by atoms with Crippen LogP contribution < -0.4 is 5.32 Å². The maximum Gasteiger partial charge on any atom is 0.234 e. The SMILES string of the molecule is O=C(CN1CCN(Cc2ccc(-c3cccc(Cl)c3Cl)o2)CC1)NC1CC1. The van der Waals surface area contributed by atoms with Crippen molar-refractivity contribution in [3.63, 3.8) is 0 Å². The first-order chi connectivity index (χ1) is 13.1. The van der Waals surface area contributed by atoms with Crippen molar-refractivity contribution in [3.8, 4) is 11.3 Å². The van der Waals surface area contributed by atoms with Gasteiger partial charge in [-0.1, -0.05) is 29.3 Å². The Labute approximate surface area is 169 Å². The van der Waals surface area contributed by atoms with Crippen LogP contribution in [-0.2, 0) is 11.3 Å². The van der Waals surface area contributed by atoms with Gasteiger partial charge in [-0.25, -0.2) is 0 Å². The Bertz CT molecular complexity index is 811. The zero-order chi connectivity index (χ0) is 18.8. The number of furan rings is 1. The highest BCUT2D eigenvalue weighted by atomic mass is 35.5. The minimum atomic E-state index is 0.153. The van der Waals surface area contributed by atoms with Gasteiger partial charge in [0.15, 0.2) is 0 Å². The summed E-state index contributed by atoms with van der Waals surface area (Å²) >= 11 is 12.4. The summed E-state index contributed by atoms with van der Waals surface area (Å²) in [6, 6.07) is 9.89. The van der Waals surface area contributed by atoms with Crippen molar-refractivity contribution >= 4 is 29.1 Å². The van der Waals surface area contributed by atoms with E-state index in [1.807, 2.05) is 24.3 Å². The fourth-order valence-corrected chi connectivity index (χ4v) is 3.73. The number of hydrogen-bond donors (Lipinski definition) is 1. The minimum Gasteiger partial charge on any atom is -0.460 e. The number of piperazine rings is 1. The Balaban J connectivity index is 1.29. The second kappa shape index (κ2) is 8.23. The van der Waals surface area contributed by atoms with Crippen molar-refractivity contribution < 1.29 is 9.21 Å². The Morgan fingerprint density at radius 2 is 1.81 bits per heavy atom. The van der Waals surface area contributed by atoms with Crippen LogP contribution in [-0.4, -0.2) is 54.5 Å². The van der Waals surface area contributed by atoms with Crippen molar-refractivity contribution in [2.24, 2.45) is 0 Å². The van der Waals surface area contributed by atoms with Crippen LogP contribution in [0.1, 0.15) is 18.6 Å². The highest BCUT2D eigenvalue weighted by Gasteiger charge is 2.25. The average molecular weight is 408 g/mol. The number of halogens is 2. The summed E-state index contributed by atoms with van der Waals surface area (Å²) in [5, 5.41) is 4.08. The summed E-state index contributed by atoms with van der Waals surface area (Å²) in [5.74, 6) is 1.79. The van der Waals surface area contributed by atoms with E-state index >= 15 is 0 Å². The number of benzene rings is 1. The molecule has 1 aliphatic carbocycles. The summed E-state index contributed by atoms with van der Waals surface area (Å²) in [6.45, 7) is 4.88. The van der Waals surface area contributed by atoms with Gasteiger partial charge >= 0.3 is 0 Å². The summed E-state index contributed by atoms with van der Waals surface area (Å²) in [5.41, 5.74) is 0.807. The summed E-state index contributed by atoms with van der Waals surface area (Å²) in [7, 11) is 0. The first-order valence-corrected chi connectivity index (χ1v) is 10.1. The Hall–Kier alpha value is -1.53. The van der Waals surface area contributed by atoms with E-state index in [0.29, 0.717) is 22.6 Å². The van der Waals surface area contributed by atoms with E-state index in [4.69, 9.17) is 27.6 Å². The van der Waals surface area contributed by atoms with Gasteiger partial charge in [0.25, 0.3) is 0 Å². The van der Waals surface area contributed by atoms with Crippen LogP contribution >= 0.6 is 23.2 Å². The molecule has 2 aliphatic rings. The van der Waals surface area contributed by atoms with Crippen LogP contribution in [0, 0.1) is 0 Å². The molecule has 1 saturated carbocycles. The van der Waals surface area contributed by atoms with Crippen molar-refractivity contribution in [3.05, 3.63) is 46.1 Å². The molecule has 0 unspecified atom stereocenters. The molecule has 2 heterocycles. The van der Waals surface area contributed by atoms with Gasteiger partial charge in [0.1, 0.15) is 11.5 Å². The Morgan fingerprint density at radius 1 is 1.07 bits per heavy atom. The number of amides is 1. The number of carbonyl (C=O) groups excluding carboxylic acids is 1. The topological polar surface area (TPSA) is 48.7 Å². The third kappa shape index (κ3) is 4.85. The third-order valence-corrected chi connectivity index (χ3v) is 5.85. The third-order valence-electron chi connectivity index (χ3n) is 5.03. The molecule has 144 valence electrons. The van der Waals surface area contributed by atoms with Crippen molar-refractivity contribution in [2.45, 2.75) is 25.4 Å². The maximum absolute atomic E-state index is 11.9. The lowest BCUT2D eigenvalue weighted by Gasteiger charge is -2.33. The molecule has 1 saturated heterocycles. The van der Waals surface area contributed by atoms with E-state index in [1.54, 1.807) is 6.07 Å². The van der Waals surface area contributed by atoms with Gasteiger partial charge in [-0.2, -0.15) is 0 Å². The zero-order valence-corrected chi connectivity index (χ0v) is 16.6. The van der Waals surface area contributed by atoms with Crippen LogP contribution in [0.25, 0.3) is 11.3 Å². The van der Waals surface area contributed by atoms with Crippen LogP contribution in [0.4, 0.5) is 0 Å². The van der Waals surface area contributed by atoms with Gasteiger partial charge in [-0.05, 0) is 37.1 Å². The number of nitrogens with zero attached hydrogens (tertiary/aromatic N) is 2. The first kappa shape index (κ1) is 18.8. The number of carbonyl (C=O) groups is 1. The molecule has 0 bridgehead atoms. The fraction of sp³-hybridized carbons (Fsp3) is 0.450. The molecule has 1 N–H and O–H groups in total. The first-order valence-electron chi connectivity index (χ1n) is 9.35. The molecule has 0 radical (unpaired) electrons. The fourth-order valence-electron chi connectivity index (χ4n) is 3.33. The van der Waals surface area contributed by atoms with Gasteiger partial charge < -0.3 is 9.73 Å². The van der Waals surface area contributed by atoms with Gasteiger partial charge in [0.2, 0.25) is 5.91 Å². The molecule has 0 spiro atoms. The molecule has 0 atom stereocenters. The number of nitrogens with one attached hydrogen (secondary N) is 1. The Morgan fingerprint density at radius 3 is 2.56 bits per heavy atom. The van der Waals surface area contributed by atoms with Crippen molar-refractivity contribution in [1.29, 1.82) is 0 Å². The molecule has 4 rings (SSSR count). The zero-order valence-electron chi connectivity index (χ0n) is 15.1. The quantitative estimate of drug-likeness (QED) is 0.793. The van der Waals surface area contributed by atoms with Crippen LogP contribution in [0.3, 0.4) is 0 Å². The second-order valence-electron chi connectivity index (χ2n) is 7.26. The van der Waals surface area contributed by atoms with Crippen molar-refractivity contribution in [2.75, 3.05) is 32.7 Å². The molecule has 1 aliphatic heterocycles. The maximum atomic E-state index is 11.9. The van der Waals surface area contributed by atoms with E-state index in [2.05, 4.69) is 15.1 Å². The van der Waals surface area contributed by atoms with E-state index in [9.17, 15) is 4.79 Å².